The monoisotopic (exact) mass is 180 g/mol. The summed E-state index contributed by atoms with van der Waals surface area (Å²) in [5.41, 5.74) is 2.38. The summed E-state index contributed by atoms with van der Waals surface area (Å²) in [5, 5.41) is 13.1. The molecule has 0 unspecified atom stereocenters. The molecule has 1 N–H and O–H groups in total. The van der Waals surface area contributed by atoms with Crippen LogP contribution in [-0.2, 0) is 13.2 Å². The van der Waals surface area contributed by atoms with Gasteiger partial charge in [0.05, 0.1) is 17.0 Å². The van der Waals surface area contributed by atoms with Gasteiger partial charge in [0.15, 0.2) is 5.78 Å². The maximum absolute atomic E-state index is 11.5. The fourth-order valence-corrected chi connectivity index (χ4v) is 1.90. The van der Waals surface area contributed by atoms with E-state index >= 15 is 0 Å². The Bertz CT molecular complexity index is 355. The highest BCUT2D eigenvalue weighted by Crippen LogP contribution is 2.23. The van der Waals surface area contributed by atoms with Crippen LogP contribution in [0, 0.1) is 6.92 Å². The topological polar surface area (TPSA) is 55.1 Å². The SMILES string of the molecule is Cc1nn(CO)c2c1C(=O)CCC2. The second kappa shape index (κ2) is 2.96. The fraction of sp³-hybridized carbons (Fsp3) is 0.556. The minimum Gasteiger partial charge on any atom is -0.374 e. The summed E-state index contributed by atoms with van der Waals surface area (Å²) in [5.74, 6) is 0.165. The molecule has 1 aromatic rings. The lowest BCUT2D eigenvalue weighted by atomic mass is 9.95. The van der Waals surface area contributed by atoms with Crippen molar-refractivity contribution >= 4 is 5.78 Å². The summed E-state index contributed by atoms with van der Waals surface area (Å²) >= 11 is 0. The Kier molecular flexibility index (Phi) is 1.92. The number of aliphatic hydroxyl groups excluding tert-OH is 1. The Hall–Kier alpha value is -1.16. The summed E-state index contributed by atoms with van der Waals surface area (Å²) < 4.78 is 1.52. The molecule has 0 bridgehead atoms. The van der Waals surface area contributed by atoms with E-state index in [-0.39, 0.29) is 12.5 Å². The molecule has 0 saturated heterocycles. The van der Waals surface area contributed by atoms with Gasteiger partial charge < -0.3 is 5.11 Å². The average Bonchev–Trinajstić information content (AvgIpc) is 2.44. The van der Waals surface area contributed by atoms with E-state index in [9.17, 15) is 4.79 Å². The Morgan fingerprint density at radius 2 is 2.31 bits per heavy atom. The molecule has 1 heterocycles. The van der Waals surface area contributed by atoms with Crippen molar-refractivity contribution in [1.29, 1.82) is 0 Å². The Morgan fingerprint density at radius 3 is 3.00 bits per heavy atom. The first-order valence-electron chi connectivity index (χ1n) is 4.44. The second-order valence-electron chi connectivity index (χ2n) is 3.32. The quantitative estimate of drug-likeness (QED) is 0.690. The van der Waals surface area contributed by atoms with Crippen LogP contribution in [-0.4, -0.2) is 20.7 Å². The van der Waals surface area contributed by atoms with Crippen LogP contribution in [0.3, 0.4) is 0 Å². The molecular weight excluding hydrogens is 168 g/mol. The summed E-state index contributed by atoms with van der Waals surface area (Å²) in [6, 6.07) is 0. The zero-order chi connectivity index (χ0) is 9.42. The highest BCUT2D eigenvalue weighted by atomic mass is 16.3. The number of ketones is 1. The van der Waals surface area contributed by atoms with E-state index in [1.807, 2.05) is 6.92 Å². The first kappa shape index (κ1) is 8.44. The molecule has 4 heteroatoms. The molecule has 0 saturated carbocycles. The molecule has 0 aromatic carbocycles. The molecule has 1 aliphatic rings. The van der Waals surface area contributed by atoms with Crippen LogP contribution in [0.4, 0.5) is 0 Å². The number of fused-ring (bicyclic) bond motifs is 1. The smallest absolute Gasteiger partial charge is 0.166 e. The van der Waals surface area contributed by atoms with Gasteiger partial charge in [-0.25, -0.2) is 4.68 Å². The maximum Gasteiger partial charge on any atom is 0.166 e. The van der Waals surface area contributed by atoms with Gasteiger partial charge in [0.25, 0.3) is 0 Å². The maximum atomic E-state index is 11.5. The van der Waals surface area contributed by atoms with Gasteiger partial charge in [0, 0.05) is 6.42 Å². The van der Waals surface area contributed by atoms with E-state index in [0.29, 0.717) is 6.42 Å². The molecule has 1 aromatic heterocycles. The molecule has 2 rings (SSSR count). The lowest BCUT2D eigenvalue weighted by Crippen LogP contribution is -2.13. The molecular formula is C9H12N2O2. The van der Waals surface area contributed by atoms with Crippen molar-refractivity contribution in [2.24, 2.45) is 0 Å². The Morgan fingerprint density at radius 1 is 1.54 bits per heavy atom. The normalized spacial score (nSPS) is 16.0. The second-order valence-corrected chi connectivity index (χ2v) is 3.32. The Labute approximate surface area is 76.2 Å². The van der Waals surface area contributed by atoms with Gasteiger partial charge in [-0.1, -0.05) is 0 Å². The van der Waals surface area contributed by atoms with Crippen LogP contribution in [0.15, 0.2) is 0 Å². The zero-order valence-corrected chi connectivity index (χ0v) is 7.58. The predicted molar refractivity (Wildman–Crippen MR) is 46.5 cm³/mol. The number of aryl methyl sites for hydroxylation is 1. The van der Waals surface area contributed by atoms with Crippen molar-refractivity contribution in [3.63, 3.8) is 0 Å². The van der Waals surface area contributed by atoms with E-state index in [2.05, 4.69) is 5.10 Å². The van der Waals surface area contributed by atoms with Crippen molar-refractivity contribution in [3.05, 3.63) is 17.0 Å². The minimum atomic E-state index is -0.135. The van der Waals surface area contributed by atoms with E-state index in [0.717, 1.165) is 29.8 Å². The van der Waals surface area contributed by atoms with E-state index in [4.69, 9.17) is 5.11 Å². The largest absolute Gasteiger partial charge is 0.374 e. The summed E-state index contributed by atoms with van der Waals surface area (Å²) in [6.07, 6.45) is 2.34. The zero-order valence-electron chi connectivity index (χ0n) is 7.58. The van der Waals surface area contributed by atoms with E-state index < -0.39 is 0 Å². The number of nitrogens with zero attached hydrogens (tertiary/aromatic N) is 2. The van der Waals surface area contributed by atoms with Gasteiger partial charge in [-0.15, -0.1) is 0 Å². The first-order valence-corrected chi connectivity index (χ1v) is 4.44. The highest BCUT2D eigenvalue weighted by Gasteiger charge is 2.24. The van der Waals surface area contributed by atoms with Crippen molar-refractivity contribution in [2.45, 2.75) is 32.9 Å². The number of carbonyl (C=O) groups is 1. The number of rotatable bonds is 1. The van der Waals surface area contributed by atoms with Gasteiger partial charge in [0.1, 0.15) is 6.73 Å². The number of aromatic nitrogens is 2. The van der Waals surface area contributed by atoms with E-state index in [1.165, 1.54) is 4.68 Å². The summed E-state index contributed by atoms with van der Waals surface area (Å²) in [7, 11) is 0. The van der Waals surface area contributed by atoms with Crippen LogP contribution in [0.25, 0.3) is 0 Å². The van der Waals surface area contributed by atoms with Crippen LogP contribution in [0.1, 0.15) is 34.6 Å². The number of aliphatic hydroxyl groups is 1. The molecule has 1 aliphatic carbocycles. The summed E-state index contributed by atoms with van der Waals surface area (Å²) in [6.45, 7) is 1.68. The molecule has 0 spiro atoms. The van der Waals surface area contributed by atoms with Gasteiger partial charge in [0.2, 0.25) is 0 Å². The van der Waals surface area contributed by atoms with Crippen molar-refractivity contribution < 1.29 is 9.90 Å². The van der Waals surface area contributed by atoms with Crippen molar-refractivity contribution in [3.8, 4) is 0 Å². The molecule has 0 radical (unpaired) electrons. The number of Topliss-reactive ketones (excluding diaryl/α,β-unsaturated/α-hetero) is 1. The third-order valence-corrected chi connectivity index (χ3v) is 2.46. The molecule has 0 aliphatic heterocycles. The van der Waals surface area contributed by atoms with Gasteiger partial charge in [-0.3, -0.25) is 4.79 Å². The lowest BCUT2D eigenvalue weighted by Gasteiger charge is -2.11. The molecule has 0 atom stereocenters. The van der Waals surface area contributed by atoms with Crippen molar-refractivity contribution in [1.82, 2.24) is 9.78 Å². The van der Waals surface area contributed by atoms with Crippen molar-refractivity contribution in [2.75, 3.05) is 0 Å². The van der Waals surface area contributed by atoms with Gasteiger partial charge >= 0.3 is 0 Å². The predicted octanol–water partition coefficient (Wildman–Crippen LogP) is 0.660. The molecule has 0 amide bonds. The molecule has 13 heavy (non-hydrogen) atoms. The average molecular weight is 180 g/mol. The molecule has 4 nitrogen and oxygen atoms in total. The Balaban J connectivity index is 2.57. The third-order valence-electron chi connectivity index (χ3n) is 2.46. The van der Waals surface area contributed by atoms with Gasteiger partial charge in [-0.05, 0) is 19.8 Å². The van der Waals surface area contributed by atoms with Gasteiger partial charge in [-0.2, -0.15) is 5.10 Å². The summed E-state index contributed by atoms with van der Waals surface area (Å²) in [4.78, 5) is 11.5. The fourth-order valence-electron chi connectivity index (χ4n) is 1.90. The minimum absolute atomic E-state index is 0.135. The lowest BCUT2D eigenvalue weighted by molar-refractivity contribution is 0.0970. The highest BCUT2D eigenvalue weighted by molar-refractivity contribution is 5.99. The first-order chi connectivity index (χ1) is 6.24. The van der Waals surface area contributed by atoms with Crippen LogP contribution in [0.5, 0.6) is 0 Å². The third kappa shape index (κ3) is 1.18. The molecule has 70 valence electrons. The number of hydrogen-bond donors (Lipinski definition) is 1. The van der Waals surface area contributed by atoms with Crippen LogP contribution < -0.4 is 0 Å². The number of hydrogen-bond acceptors (Lipinski definition) is 3. The number of carbonyl (C=O) groups excluding carboxylic acids is 1. The standard InChI is InChI=1S/C9H12N2O2/c1-6-9-7(11(5-12)10-6)3-2-4-8(9)13/h12H,2-5H2,1H3. The van der Waals surface area contributed by atoms with E-state index in [1.54, 1.807) is 0 Å². The van der Waals surface area contributed by atoms with Crippen LogP contribution in [0.2, 0.25) is 0 Å². The van der Waals surface area contributed by atoms with Crippen LogP contribution >= 0.6 is 0 Å². The molecule has 0 fully saturated rings.